The van der Waals surface area contributed by atoms with Gasteiger partial charge in [-0.3, -0.25) is 14.9 Å². The number of aromatic nitrogens is 1. The monoisotopic (exact) mass is 349 g/mol. The van der Waals surface area contributed by atoms with Crippen LogP contribution in [0.2, 0.25) is 0 Å². The van der Waals surface area contributed by atoms with Gasteiger partial charge in [-0.1, -0.05) is 5.16 Å². The quantitative estimate of drug-likeness (QED) is 0.476. The average molecular weight is 349 g/mol. The Morgan fingerprint density at radius 3 is 2.64 bits per heavy atom. The van der Waals surface area contributed by atoms with Gasteiger partial charge < -0.3 is 19.3 Å². The van der Waals surface area contributed by atoms with Crippen molar-refractivity contribution in [1.82, 2.24) is 5.16 Å². The first-order chi connectivity index (χ1) is 11.8. The molecule has 0 aliphatic carbocycles. The highest BCUT2D eigenvalue weighted by Gasteiger charge is 2.23. The molecule has 1 atom stereocenters. The first-order valence-electron chi connectivity index (χ1n) is 7.09. The highest BCUT2D eigenvalue weighted by Crippen LogP contribution is 2.29. The molecule has 2 aromatic rings. The molecule has 0 fully saturated rings. The van der Waals surface area contributed by atoms with Crippen LogP contribution >= 0.6 is 0 Å². The summed E-state index contributed by atoms with van der Waals surface area (Å²) < 4.78 is 14.8. The largest absolute Gasteiger partial charge is 0.495 e. The molecule has 132 valence electrons. The molecular formula is C15H15N3O7. The summed E-state index contributed by atoms with van der Waals surface area (Å²) in [5.74, 6) is -1.45. The Kier molecular flexibility index (Phi) is 5.32. The van der Waals surface area contributed by atoms with Crippen LogP contribution in [0.25, 0.3) is 0 Å². The second-order valence-electron chi connectivity index (χ2n) is 5.01. The molecule has 0 radical (unpaired) electrons. The van der Waals surface area contributed by atoms with Crippen molar-refractivity contribution in [2.24, 2.45) is 0 Å². The number of nitrogens with zero attached hydrogens (tertiary/aromatic N) is 2. The number of methoxy groups -OCH3 is 1. The van der Waals surface area contributed by atoms with Gasteiger partial charge in [0.15, 0.2) is 6.10 Å². The van der Waals surface area contributed by atoms with Crippen LogP contribution in [0.4, 0.5) is 11.4 Å². The number of esters is 1. The minimum Gasteiger partial charge on any atom is -0.495 e. The number of hydrogen-bond acceptors (Lipinski definition) is 8. The average Bonchev–Trinajstić information content (AvgIpc) is 3.01. The Labute approximate surface area is 141 Å². The summed E-state index contributed by atoms with van der Waals surface area (Å²) in [5, 5.41) is 16.8. The van der Waals surface area contributed by atoms with E-state index in [1.807, 2.05) is 0 Å². The molecular weight excluding hydrogens is 334 g/mol. The number of nitro benzene ring substituents is 1. The number of rotatable bonds is 6. The standard InChI is InChI=1S/C15H15N3O7/c1-8-6-13(25-17-8)15(20)24-9(2)14(19)16-11-7-10(18(21)22)4-5-12(11)23-3/h4-7,9H,1-3H3,(H,16,19)/t9-/m1/s1. The number of ether oxygens (including phenoxy) is 2. The van der Waals surface area contributed by atoms with Crippen molar-refractivity contribution < 1.29 is 28.5 Å². The maximum absolute atomic E-state index is 12.2. The number of aryl methyl sites for hydroxylation is 1. The molecule has 1 N–H and O–H groups in total. The molecule has 10 heteroatoms. The Bertz CT molecular complexity index is 815. The maximum atomic E-state index is 12.2. The van der Waals surface area contributed by atoms with E-state index >= 15 is 0 Å². The number of benzene rings is 1. The van der Waals surface area contributed by atoms with E-state index in [1.54, 1.807) is 6.92 Å². The molecule has 1 heterocycles. The van der Waals surface area contributed by atoms with Crippen LogP contribution in [-0.2, 0) is 9.53 Å². The minimum absolute atomic E-state index is 0.0834. The molecule has 2 rings (SSSR count). The van der Waals surface area contributed by atoms with Crippen molar-refractivity contribution in [3.63, 3.8) is 0 Å². The molecule has 0 saturated carbocycles. The number of nitro groups is 1. The van der Waals surface area contributed by atoms with E-state index in [-0.39, 0.29) is 22.9 Å². The molecule has 0 aliphatic rings. The van der Waals surface area contributed by atoms with E-state index < -0.39 is 22.9 Å². The summed E-state index contributed by atoms with van der Waals surface area (Å²) in [6, 6.07) is 5.10. The second kappa shape index (κ2) is 7.43. The molecule has 1 aromatic carbocycles. The molecule has 0 saturated heterocycles. The Morgan fingerprint density at radius 2 is 2.08 bits per heavy atom. The molecule has 25 heavy (non-hydrogen) atoms. The number of nitrogens with one attached hydrogen (secondary N) is 1. The SMILES string of the molecule is COc1ccc([N+](=O)[O-])cc1NC(=O)[C@@H](C)OC(=O)c1cc(C)no1. The summed E-state index contributed by atoms with van der Waals surface area (Å²) in [6.45, 7) is 2.98. The summed E-state index contributed by atoms with van der Waals surface area (Å²) in [6.07, 6.45) is -1.18. The minimum atomic E-state index is -1.18. The van der Waals surface area contributed by atoms with E-state index in [0.29, 0.717) is 5.69 Å². The number of carbonyl (C=O) groups is 2. The third-order valence-electron chi connectivity index (χ3n) is 3.13. The Hall–Kier alpha value is -3.43. The van der Waals surface area contributed by atoms with Crippen molar-refractivity contribution in [1.29, 1.82) is 0 Å². The van der Waals surface area contributed by atoms with Crippen molar-refractivity contribution in [2.45, 2.75) is 20.0 Å². The third kappa shape index (κ3) is 4.31. The van der Waals surface area contributed by atoms with E-state index in [9.17, 15) is 19.7 Å². The van der Waals surface area contributed by atoms with E-state index in [4.69, 9.17) is 14.0 Å². The lowest BCUT2D eigenvalue weighted by molar-refractivity contribution is -0.384. The third-order valence-corrected chi connectivity index (χ3v) is 3.13. The van der Waals surface area contributed by atoms with Gasteiger partial charge in [0.2, 0.25) is 5.76 Å². The first kappa shape index (κ1) is 17.9. The van der Waals surface area contributed by atoms with Gasteiger partial charge in [-0.2, -0.15) is 0 Å². The van der Waals surface area contributed by atoms with Crippen LogP contribution in [0.5, 0.6) is 5.75 Å². The maximum Gasteiger partial charge on any atom is 0.377 e. The lowest BCUT2D eigenvalue weighted by Crippen LogP contribution is -2.30. The number of hydrogen-bond donors (Lipinski definition) is 1. The van der Waals surface area contributed by atoms with Gasteiger partial charge in [0.1, 0.15) is 5.75 Å². The van der Waals surface area contributed by atoms with E-state index in [1.165, 1.54) is 32.2 Å². The fourth-order valence-electron chi connectivity index (χ4n) is 1.87. The van der Waals surface area contributed by atoms with Gasteiger partial charge >= 0.3 is 5.97 Å². The summed E-state index contributed by atoms with van der Waals surface area (Å²) in [5.41, 5.74) is 0.350. The van der Waals surface area contributed by atoms with Crippen molar-refractivity contribution in [2.75, 3.05) is 12.4 Å². The zero-order chi connectivity index (χ0) is 18.6. The smallest absolute Gasteiger partial charge is 0.377 e. The van der Waals surface area contributed by atoms with Crippen molar-refractivity contribution >= 4 is 23.3 Å². The Morgan fingerprint density at radius 1 is 1.36 bits per heavy atom. The molecule has 0 unspecified atom stereocenters. The van der Waals surface area contributed by atoms with Crippen molar-refractivity contribution in [3.8, 4) is 5.75 Å². The molecule has 0 bridgehead atoms. The highest BCUT2D eigenvalue weighted by atomic mass is 16.6. The summed E-state index contributed by atoms with van der Waals surface area (Å²) in [4.78, 5) is 34.3. The number of carbonyl (C=O) groups excluding carboxylic acids is 2. The summed E-state index contributed by atoms with van der Waals surface area (Å²) in [7, 11) is 1.35. The lowest BCUT2D eigenvalue weighted by atomic mass is 10.2. The van der Waals surface area contributed by atoms with E-state index in [2.05, 4.69) is 10.5 Å². The number of anilines is 1. The normalized spacial score (nSPS) is 11.5. The van der Waals surface area contributed by atoms with Crippen LogP contribution in [0.1, 0.15) is 23.2 Å². The predicted molar refractivity (Wildman–Crippen MR) is 84.4 cm³/mol. The zero-order valence-electron chi connectivity index (χ0n) is 13.6. The van der Waals surface area contributed by atoms with Crippen LogP contribution in [0.15, 0.2) is 28.8 Å². The van der Waals surface area contributed by atoms with Crippen LogP contribution in [0, 0.1) is 17.0 Å². The molecule has 1 amide bonds. The van der Waals surface area contributed by atoms with Crippen LogP contribution in [0.3, 0.4) is 0 Å². The zero-order valence-corrected chi connectivity index (χ0v) is 13.6. The first-order valence-corrected chi connectivity index (χ1v) is 7.09. The molecule has 0 spiro atoms. The van der Waals surface area contributed by atoms with Gasteiger partial charge in [-0.25, -0.2) is 4.79 Å². The summed E-state index contributed by atoms with van der Waals surface area (Å²) >= 11 is 0. The molecule has 10 nitrogen and oxygen atoms in total. The highest BCUT2D eigenvalue weighted by molar-refractivity contribution is 5.97. The molecule has 0 aliphatic heterocycles. The second-order valence-corrected chi connectivity index (χ2v) is 5.01. The lowest BCUT2D eigenvalue weighted by Gasteiger charge is -2.14. The van der Waals surface area contributed by atoms with Crippen molar-refractivity contribution in [3.05, 3.63) is 45.8 Å². The van der Waals surface area contributed by atoms with Gasteiger partial charge in [-0.15, -0.1) is 0 Å². The van der Waals surface area contributed by atoms with Gasteiger partial charge in [0.05, 0.1) is 23.4 Å². The topological polar surface area (TPSA) is 134 Å². The fourth-order valence-corrected chi connectivity index (χ4v) is 1.87. The predicted octanol–water partition coefficient (Wildman–Crippen LogP) is 2.08. The van der Waals surface area contributed by atoms with Gasteiger partial charge in [0, 0.05) is 18.2 Å². The number of amides is 1. The van der Waals surface area contributed by atoms with E-state index in [0.717, 1.165) is 6.07 Å². The van der Waals surface area contributed by atoms with Crippen LogP contribution < -0.4 is 10.1 Å². The van der Waals surface area contributed by atoms with Crippen LogP contribution in [-0.4, -0.2) is 35.2 Å². The van der Waals surface area contributed by atoms with Gasteiger partial charge in [-0.05, 0) is 19.9 Å². The Balaban J connectivity index is 2.09. The molecule has 1 aromatic heterocycles. The van der Waals surface area contributed by atoms with Gasteiger partial charge in [0.25, 0.3) is 11.6 Å². The number of non-ortho nitro benzene ring substituents is 1. The fraction of sp³-hybridized carbons (Fsp3) is 0.267.